The highest BCUT2D eigenvalue weighted by atomic mass is 32.2. The lowest BCUT2D eigenvalue weighted by atomic mass is 10.5. The molecule has 0 aromatic carbocycles. The Hall–Kier alpha value is -0.750. The summed E-state index contributed by atoms with van der Waals surface area (Å²) in [7, 11) is 1.94. The molecule has 0 radical (unpaired) electrons. The van der Waals surface area contributed by atoms with Crippen LogP contribution in [-0.2, 0) is 7.05 Å². The average molecular weight is 256 g/mol. The maximum Gasteiger partial charge on any atom is 0.185 e. The minimum atomic E-state index is 0.981. The van der Waals surface area contributed by atoms with Crippen LogP contribution < -0.4 is 5.32 Å². The van der Waals surface area contributed by atoms with E-state index in [9.17, 15) is 0 Å². The number of hydrogen-bond donors (Lipinski definition) is 1. The molecule has 6 heteroatoms. The molecular formula is C10H16N4S2. The molecule has 2 aromatic rings. The summed E-state index contributed by atoms with van der Waals surface area (Å²) >= 11 is 3.57. The van der Waals surface area contributed by atoms with E-state index in [0.29, 0.717) is 0 Å². The highest BCUT2D eigenvalue weighted by Gasteiger charge is 2.10. The van der Waals surface area contributed by atoms with Gasteiger partial charge in [0.2, 0.25) is 0 Å². The molecule has 0 spiro atoms. The summed E-state index contributed by atoms with van der Waals surface area (Å²) in [6, 6.07) is 0. The van der Waals surface area contributed by atoms with Crippen LogP contribution in [0.3, 0.4) is 0 Å². The summed E-state index contributed by atoms with van der Waals surface area (Å²) < 4.78 is 3.03. The quantitative estimate of drug-likeness (QED) is 0.835. The first kappa shape index (κ1) is 11.7. The molecule has 1 N–H and O–H groups in total. The fourth-order valence-corrected chi connectivity index (χ4v) is 2.96. The lowest BCUT2D eigenvalue weighted by Gasteiger charge is -2.00. The van der Waals surface area contributed by atoms with Crippen LogP contribution in [0.25, 0.3) is 10.3 Å². The van der Waals surface area contributed by atoms with Crippen LogP contribution in [-0.4, -0.2) is 33.3 Å². The van der Waals surface area contributed by atoms with Gasteiger partial charge in [-0.3, -0.25) is 0 Å². The molecule has 0 amide bonds. The lowest BCUT2D eigenvalue weighted by molar-refractivity contribution is 0.774. The second-order valence-corrected chi connectivity index (χ2v) is 5.64. The van der Waals surface area contributed by atoms with Gasteiger partial charge in [-0.25, -0.2) is 9.67 Å². The zero-order chi connectivity index (χ0) is 11.5. The Morgan fingerprint density at radius 2 is 2.31 bits per heavy atom. The fraction of sp³-hybridized carbons (Fsp3) is 0.600. The number of aromatic nitrogens is 3. The number of aryl methyl sites for hydroxylation is 2. The number of nitrogens with one attached hydrogen (secondary N) is 1. The largest absolute Gasteiger partial charge is 0.361 e. The zero-order valence-corrected chi connectivity index (χ0v) is 11.4. The Kier molecular flexibility index (Phi) is 3.70. The van der Waals surface area contributed by atoms with E-state index in [4.69, 9.17) is 0 Å². The Balaban J connectivity index is 2.05. The molecule has 0 fully saturated rings. The topological polar surface area (TPSA) is 42.7 Å². The Labute approximate surface area is 103 Å². The Morgan fingerprint density at radius 3 is 3.00 bits per heavy atom. The van der Waals surface area contributed by atoms with Crippen LogP contribution in [0.2, 0.25) is 0 Å². The Bertz CT molecular complexity index is 440. The SMILES string of the molecule is CSCCCNc1nc2c(s1)c(C)nn2C. The van der Waals surface area contributed by atoms with Crippen LogP contribution >= 0.6 is 23.1 Å². The van der Waals surface area contributed by atoms with Crippen molar-refractivity contribution < 1.29 is 0 Å². The minimum Gasteiger partial charge on any atom is -0.361 e. The van der Waals surface area contributed by atoms with Crippen molar-refractivity contribution >= 4 is 38.6 Å². The standard InChI is InChI=1S/C10H16N4S2/c1-7-8-9(14(2)13-7)12-10(16-8)11-5-4-6-15-3/h4-6H2,1-3H3,(H,11,12). The van der Waals surface area contributed by atoms with E-state index < -0.39 is 0 Å². The van der Waals surface area contributed by atoms with Crippen LogP contribution in [0.5, 0.6) is 0 Å². The molecule has 88 valence electrons. The van der Waals surface area contributed by atoms with Crippen molar-refractivity contribution in [3.63, 3.8) is 0 Å². The molecule has 16 heavy (non-hydrogen) atoms. The molecule has 0 saturated carbocycles. The van der Waals surface area contributed by atoms with Crippen molar-refractivity contribution in [2.24, 2.45) is 7.05 Å². The van der Waals surface area contributed by atoms with Gasteiger partial charge in [0.05, 0.1) is 10.4 Å². The Morgan fingerprint density at radius 1 is 1.50 bits per heavy atom. The van der Waals surface area contributed by atoms with Gasteiger partial charge in [-0.15, -0.1) is 0 Å². The van der Waals surface area contributed by atoms with E-state index in [1.807, 2.05) is 30.4 Å². The van der Waals surface area contributed by atoms with Crippen molar-refractivity contribution in [1.82, 2.24) is 14.8 Å². The molecule has 2 rings (SSSR count). The number of thioether (sulfide) groups is 1. The van der Waals surface area contributed by atoms with Gasteiger partial charge in [0.15, 0.2) is 10.8 Å². The normalized spacial score (nSPS) is 11.2. The molecule has 2 aromatic heterocycles. The van der Waals surface area contributed by atoms with Crippen LogP contribution in [0.4, 0.5) is 5.13 Å². The molecule has 0 atom stereocenters. The molecule has 0 aliphatic heterocycles. The maximum absolute atomic E-state index is 4.53. The van der Waals surface area contributed by atoms with Gasteiger partial charge >= 0.3 is 0 Å². The van der Waals surface area contributed by atoms with E-state index in [1.54, 1.807) is 11.3 Å². The number of nitrogens with zero attached hydrogens (tertiary/aromatic N) is 3. The number of hydrogen-bond acceptors (Lipinski definition) is 5. The second-order valence-electron chi connectivity index (χ2n) is 3.65. The van der Waals surface area contributed by atoms with E-state index in [0.717, 1.165) is 23.0 Å². The smallest absolute Gasteiger partial charge is 0.185 e. The highest BCUT2D eigenvalue weighted by Crippen LogP contribution is 2.27. The lowest BCUT2D eigenvalue weighted by Crippen LogP contribution is -2.02. The summed E-state index contributed by atoms with van der Waals surface area (Å²) in [6.45, 7) is 3.02. The van der Waals surface area contributed by atoms with Gasteiger partial charge in [-0.2, -0.15) is 16.9 Å². The average Bonchev–Trinajstić information content (AvgIpc) is 2.77. The van der Waals surface area contributed by atoms with Gasteiger partial charge < -0.3 is 5.32 Å². The second kappa shape index (κ2) is 5.05. The monoisotopic (exact) mass is 256 g/mol. The molecule has 4 nitrogen and oxygen atoms in total. The first-order valence-corrected chi connectivity index (χ1v) is 7.46. The van der Waals surface area contributed by atoms with Crippen LogP contribution in [0.15, 0.2) is 0 Å². The molecule has 0 aliphatic carbocycles. The van der Waals surface area contributed by atoms with Crippen molar-refractivity contribution in [3.05, 3.63) is 5.69 Å². The van der Waals surface area contributed by atoms with Crippen molar-refractivity contribution in [1.29, 1.82) is 0 Å². The van der Waals surface area contributed by atoms with E-state index >= 15 is 0 Å². The van der Waals surface area contributed by atoms with Crippen LogP contribution in [0.1, 0.15) is 12.1 Å². The number of fused-ring (bicyclic) bond motifs is 1. The summed E-state index contributed by atoms with van der Waals surface area (Å²) in [6.07, 6.45) is 3.31. The summed E-state index contributed by atoms with van der Waals surface area (Å²) in [5.41, 5.74) is 2.04. The molecule has 0 unspecified atom stereocenters. The highest BCUT2D eigenvalue weighted by molar-refractivity contribution is 7.98. The van der Waals surface area contributed by atoms with Gasteiger partial charge in [-0.1, -0.05) is 11.3 Å². The third-order valence-electron chi connectivity index (χ3n) is 2.35. The number of thiazole rings is 1. The fourth-order valence-electron chi connectivity index (χ4n) is 1.57. The van der Waals surface area contributed by atoms with E-state index in [-0.39, 0.29) is 0 Å². The third kappa shape index (κ3) is 2.32. The third-order valence-corrected chi connectivity index (χ3v) is 4.15. The molecule has 0 saturated heterocycles. The molecular weight excluding hydrogens is 240 g/mol. The maximum atomic E-state index is 4.53. The summed E-state index contributed by atoms with van der Waals surface area (Å²) in [5.74, 6) is 1.19. The van der Waals surface area contributed by atoms with Gasteiger partial charge in [0, 0.05) is 13.6 Å². The van der Waals surface area contributed by atoms with Crippen molar-refractivity contribution in [2.75, 3.05) is 23.9 Å². The minimum absolute atomic E-state index is 0.981. The molecule has 0 aliphatic rings. The molecule has 2 heterocycles. The summed E-state index contributed by atoms with van der Waals surface area (Å²) in [4.78, 5) is 4.53. The van der Waals surface area contributed by atoms with Gasteiger partial charge in [-0.05, 0) is 25.4 Å². The summed E-state index contributed by atoms with van der Waals surface area (Å²) in [5, 5.41) is 8.70. The number of anilines is 1. The predicted octanol–water partition coefficient (Wildman–Crippen LogP) is 2.50. The molecule has 0 bridgehead atoms. The van der Waals surface area contributed by atoms with Crippen molar-refractivity contribution in [2.45, 2.75) is 13.3 Å². The van der Waals surface area contributed by atoms with E-state index in [1.165, 1.54) is 16.9 Å². The zero-order valence-electron chi connectivity index (χ0n) is 9.78. The van der Waals surface area contributed by atoms with E-state index in [2.05, 4.69) is 21.7 Å². The predicted molar refractivity (Wildman–Crippen MR) is 72.6 cm³/mol. The first-order chi connectivity index (χ1) is 7.72. The first-order valence-electron chi connectivity index (χ1n) is 5.25. The van der Waals surface area contributed by atoms with Gasteiger partial charge in [0.25, 0.3) is 0 Å². The van der Waals surface area contributed by atoms with Crippen LogP contribution in [0, 0.1) is 6.92 Å². The van der Waals surface area contributed by atoms with Gasteiger partial charge in [0.1, 0.15) is 0 Å². The van der Waals surface area contributed by atoms with Crippen molar-refractivity contribution in [3.8, 4) is 0 Å². The number of rotatable bonds is 5.